The number of aliphatic carboxylic acids is 1. The molecule has 238 valence electrons. The normalized spacial score (nSPS) is 24.4. The third-order valence-corrected chi connectivity index (χ3v) is 12.4. The van der Waals surface area contributed by atoms with Gasteiger partial charge in [-0.2, -0.15) is 8.42 Å². The van der Waals surface area contributed by atoms with Gasteiger partial charge in [0.1, 0.15) is 0 Å². The van der Waals surface area contributed by atoms with E-state index in [2.05, 4.69) is 76.2 Å². The van der Waals surface area contributed by atoms with Crippen LogP contribution in [0.3, 0.4) is 0 Å². The van der Waals surface area contributed by atoms with E-state index in [4.69, 9.17) is 0 Å². The smallest absolute Gasteiger partial charge is 0.309 e. The van der Waals surface area contributed by atoms with Crippen LogP contribution in [0, 0.1) is 56.7 Å². The molecule has 0 radical (unpaired) electrons. The maximum Gasteiger partial charge on any atom is 0.309 e. The molecule has 4 unspecified atom stereocenters. The van der Waals surface area contributed by atoms with Crippen LogP contribution in [0.25, 0.3) is 0 Å². The van der Waals surface area contributed by atoms with Crippen molar-refractivity contribution in [2.75, 3.05) is 0 Å². The fourth-order valence-corrected chi connectivity index (χ4v) is 9.91. The van der Waals surface area contributed by atoms with Crippen molar-refractivity contribution in [2.24, 2.45) is 56.7 Å². The van der Waals surface area contributed by atoms with E-state index in [9.17, 15) is 22.9 Å². The topological polar surface area (TPSA) is 91.7 Å². The Bertz CT molecular complexity index is 968. The van der Waals surface area contributed by atoms with Gasteiger partial charge in [-0.05, 0) is 117 Å². The average molecular weight is 587 g/mol. The molecule has 4 atom stereocenters. The van der Waals surface area contributed by atoms with Crippen molar-refractivity contribution in [1.82, 2.24) is 0 Å². The zero-order chi connectivity index (χ0) is 31.9. The molecule has 0 aliphatic heterocycles. The standard InChI is InChI=1S/C34H66O5S/c1-16-17-29(4,5)24-18-26(31(8,9)21-33(12,13)28(35)36)27(19-25(24)30(6,7)20-23(2)3)32(10,11)22-34(14,15)40(37,38)39/h23-27H,16-22H2,1-15H3,(H,35,36)(H,37,38,39). The van der Waals surface area contributed by atoms with E-state index >= 15 is 0 Å². The first-order valence-electron chi connectivity index (χ1n) is 15.7. The Labute approximate surface area is 248 Å². The highest BCUT2D eigenvalue weighted by molar-refractivity contribution is 7.87. The molecule has 1 aliphatic carbocycles. The monoisotopic (exact) mass is 586 g/mol. The minimum Gasteiger partial charge on any atom is -0.481 e. The van der Waals surface area contributed by atoms with Crippen molar-refractivity contribution in [2.45, 2.75) is 154 Å². The summed E-state index contributed by atoms with van der Waals surface area (Å²) in [6.45, 7) is 32.3. The van der Waals surface area contributed by atoms with Gasteiger partial charge in [0.25, 0.3) is 10.1 Å². The summed E-state index contributed by atoms with van der Waals surface area (Å²) in [5.41, 5.74) is -1.30. The van der Waals surface area contributed by atoms with Gasteiger partial charge in [0, 0.05) is 0 Å². The first kappa shape index (κ1) is 37.4. The summed E-state index contributed by atoms with van der Waals surface area (Å²) in [5, 5.41) is 10.1. The highest BCUT2D eigenvalue weighted by Crippen LogP contribution is 2.63. The lowest BCUT2D eigenvalue weighted by molar-refractivity contribution is -0.152. The van der Waals surface area contributed by atoms with Crippen LogP contribution in [0.15, 0.2) is 0 Å². The van der Waals surface area contributed by atoms with Crippen LogP contribution in [0.2, 0.25) is 0 Å². The quantitative estimate of drug-likeness (QED) is 0.198. The first-order chi connectivity index (χ1) is 17.5. The molecule has 0 bridgehead atoms. The van der Waals surface area contributed by atoms with Gasteiger partial charge < -0.3 is 5.11 Å². The van der Waals surface area contributed by atoms with E-state index < -0.39 is 26.2 Å². The summed E-state index contributed by atoms with van der Waals surface area (Å²) < 4.78 is 33.8. The van der Waals surface area contributed by atoms with Crippen LogP contribution in [0.5, 0.6) is 0 Å². The van der Waals surface area contributed by atoms with Gasteiger partial charge in [-0.3, -0.25) is 9.35 Å². The summed E-state index contributed by atoms with van der Waals surface area (Å²) in [6.07, 6.45) is 6.27. The Hall–Kier alpha value is -0.620. The summed E-state index contributed by atoms with van der Waals surface area (Å²) in [4.78, 5) is 12.3. The molecule has 0 aromatic heterocycles. The molecule has 0 saturated heterocycles. The van der Waals surface area contributed by atoms with Gasteiger partial charge in [-0.1, -0.05) is 82.6 Å². The summed E-state index contributed by atoms with van der Waals surface area (Å²) in [5.74, 6) is 1.11. The van der Waals surface area contributed by atoms with E-state index in [-0.39, 0.29) is 33.5 Å². The van der Waals surface area contributed by atoms with Crippen molar-refractivity contribution < 1.29 is 22.9 Å². The van der Waals surface area contributed by atoms with Crippen molar-refractivity contribution in [1.29, 1.82) is 0 Å². The van der Waals surface area contributed by atoms with Gasteiger partial charge in [0.2, 0.25) is 0 Å². The Balaban J connectivity index is 3.88. The summed E-state index contributed by atoms with van der Waals surface area (Å²) in [6, 6.07) is 0. The van der Waals surface area contributed by atoms with E-state index in [0.29, 0.717) is 30.6 Å². The van der Waals surface area contributed by atoms with E-state index in [1.165, 1.54) is 0 Å². The molecule has 1 rings (SSSR count). The van der Waals surface area contributed by atoms with Gasteiger partial charge >= 0.3 is 5.97 Å². The van der Waals surface area contributed by atoms with Crippen LogP contribution in [0.4, 0.5) is 0 Å². The van der Waals surface area contributed by atoms with Crippen LogP contribution in [-0.2, 0) is 14.9 Å². The molecule has 1 aliphatic rings. The van der Waals surface area contributed by atoms with Crippen LogP contribution in [-0.4, -0.2) is 28.8 Å². The number of hydrogen-bond donors (Lipinski definition) is 2. The number of carbonyl (C=O) groups is 1. The van der Waals surface area contributed by atoms with Crippen LogP contribution >= 0.6 is 0 Å². The number of carboxylic acids is 1. The van der Waals surface area contributed by atoms with E-state index in [1.54, 1.807) is 13.8 Å². The lowest BCUT2D eigenvalue weighted by Gasteiger charge is -2.60. The molecule has 2 N–H and O–H groups in total. The molecule has 1 saturated carbocycles. The van der Waals surface area contributed by atoms with E-state index in [1.807, 2.05) is 13.8 Å². The fourth-order valence-electron chi connectivity index (χ4n) is 9.36. The van der Waals surface area contributed by atoms with Crippen molar-refractivity contribution in [3.05, 3.63) is 0 Å². The number of hydrogen-bond acceptors (Lipinski definition) is 3. The third kappa shape index (κ3) is 8.71. The van der Waals surface area contributed by atoms with Gasteiger partial charge in [0.05, 0.1) is 10.2 Å². The molecule has 1 fully saturated rings. The minimum absolute atomic E-state index is 0.103. The molecule has 5 nitrogen and oxygen atoms in total. The van der Waals surface area contributed by atoms with Gasteiger partial charge in [-0.15, -0.1) is 0 Å². The second-order valence-corrected chi connectivity index (χ2v) is 20.0. The lowest BCUT2D eigenvalue weighted by atomic mass is 9.45. The Morgan fingerprint density at radius 2 is 1.10 bits per heavy atom. The third-order valence-electron chi connectivity index (χ3n) is 10.9. The fraction of sp³-hybridized carbons (Fsp3) is 0.971. The molecule has 40 heavy (non-hydrogen) atoms. The maximum atomic E-state index is 12.4. The average Bonchev–Trinajstić information content (AvgIpc) is 2.69. The second kappa shape index (κ2) is 12.2. The Kier molecular flexibility index (Phi) is 11.4. The molecule has 0 heterocycles. The van der Waals surface area contributed by atoms with E-state index in [0.717, 1.165) is 32.1 Å². The molecular formula is C34H66O5S. The van der Waals surface area contributed by atoms with Crippen molar-refractivity contribution >= 4 is 16.1 Å². The molecule has 0 spiro atoms. The second-order valence-electron chi connectivity index (χ2n) is 18.0. The summed E-state index contributed by atoms with van der Waals surface area (Å²) >= 11 is 0. The molecular weight excluding hydrogens is 520 g/mol. The molecule has 6 heteroatoms. The molecule has 0 amide bonds. The Morgan fingerprint density at radius 1 is 0.725 bits per heavy atom. The lowest BCUT2D eigenvalue weighted by Crippen LogP contribution is -2.53. The van der Waals surface area contributed by atoms with Crippen molar-refractivity contribution in [3.8, 4) is 0 Å². The number of rotatable bonds is 14. The zero-order valence-electron chi connectivity index (χ0n) is 28.9. The molecule has 0 aromatic rings. The highest BCUT2D eigenvalue weighted by Gasteiger charge is 2.56. The zero-order valence-corrected chi connectivity index (χ0v) is 29.7. The predicted molar refractivity (Wildman–Crippen MR) is 169 cm³/mol. The van der Waals surface area contributed by atoms with Crippen LogP contribution in [0.1, 0.15) is 149 Å². The highest BCUT2D eigenvalue weighted by atomic mass is 32.2. The van der Waals surface area contributed by atoms with Crippen LogP contribution < -0.4 is 0 Å². The minimum atomic E-state index is -4.24. The SMILES string of the molecule is CCCC(C)(C)C1CC(C(C)(C)CC(C)(C)C(=O)O)C(C(C)(C)CC(C)(C)S(=O)(=O)O)CC1C(C)(C)CC(C)C. The van der Waals surface area contributed by atoms with Gasteiger partial charge in [0.15, 0.2) is 0 Å². The number of carboxylic acid groups (broad SMARTS) is 1. The predicted octanol–water partition coefficient (Wildman–Crippen LogP) is 9.75. The van der Waals surface area contributed by atoms with Gasteiger partial charge in [-0.25, -0.2) is 0 Å². The first-order valence-corrected chi connectivity index (χ1v) is 17.2. The maximum absolute atomic E-state index is 12.4. The largest absolute Gasteiger partial charge is 0.481 e. The molecule has 0 aromatic carbocycles. The Morgan fingerprint density at radius 3 is 1.45 bits per heavy atom. The van der Waals surface area contributed by atoms with Crippen molar-refractivity contribution in [3.63, 3.8) is 0 Å². The summed E-state index contributed by atoms with van der Waals surface area (Å²) in [7, 11) is -4.24.